The van der Waals surface area contributed by atoms with Crippen molar-refractivity contribution in [1.29, 1.82) is 0 Å². The van der Waals surface area contributed by atoms with Gasteiger partial charge in [0.2, 0.25) is 0 Å². The van der Waals surface area contributed by atoms with E-state index in [0.29, 0.717) is 6.54 Å². The Kier molecular flexibility index (Phi) is 3.56. The molecule has 0 spiro atoms. The molecule has 0 aliphatic heterocycles. The van der Waals surface area contributed by atoms with E-state index in [9.17, 15) is 4.39 Å². The van der Waals surface area contributed by atoms with Gasteiger partial charge >= 0.3 is 0 Å². The molecule has 0 heterocycles. The van der Waals surface area contributed by atoms with E-state index in [2.05, 4.69) is 11.9 Å². The molecule has 2 N–H and O–H groups in total. The lowest BCUT2D eigenvalue weighted by atomic mass is 10.1. The van der Waals surface area contributed by atoms with Crippen molar-refractivity contribution in [2.45, 2.75) is 25.9 Å². The summed E-state index contributed by atoms with van der Waals surface area (Å²) in [5, 5.41) is 0. The van der Waals surface area contributed by atoms with Crippen LogP contribution in [0.2, 0.25) is 0 Å². The minimum Gasteiger partial charge on any atom is -0.326 e. The van der Waals surface area contributed by atoms with E-state index in [1.807, 2.05) is 6.07 Å². The van der Waals surface area contributed by atoms with Crippen LogP contribution < -0.4 is 5.73 Å². The largest absolute Gasteiger partial charge is 0.326 e. The van der Waals surface area contributed by atoms with Crippen LogP contribution >= 0.6 is 0 Å². The Labute approximate surface area is 96.2 Å². The summed E-state index contributed by atoms with van der Waals surface area (Å²) in [7, 11) is 2.11. The van der Waals surface area contributed by atoms with E-state index in [0.717, 1.165) is 30.1 Å². The van der Waals surface area contributed by atoms with Crippen LogP contribution in [-0.2, 0) is 13.1 Å². The maximum atomic E-state index is 13.0. The molecule has 0 atom stereocenters. The molecule has 2 nitrogen and oxygen atoms in total. The van der Waals surface area contributed by atoms with Crippen LogP contribution in [0.3, 0.4) is 0 Å². The highest BCUT2D eigenvalue weighted by atomic mass is 19.1. The second kappa shape index (κ2) is 4.93. The zero-order chi connectivity index (χ0) is 11.5. The molecule has 0 bridgehead atoms. The van der Waals surface area contributed by atoms with E-state index in [1.54, 1.807) is 6.07 Å². The van der Waals surface area contributed by atoms with Crippen LogP contribution in [0.4, 0.5) is 4.39 Å². The van der Waals surface area contributed by atoms with Crippen LogP contribution in [-0.4, -0.2) is 18.5 Å². The lowest BCUT2D eigenvalue weighted by molar-refractivity contribution is 0.312. The van der Waals surface area contributed by atoms with Crippen LogP contribution in [0.15, 0.2) is 18.2 Å². The first kappa shape index (κ1) is 11.6. The van der Waals surface area contributed by atoms with E-state index in [1.165, 1.54) is 18.9 Å². The van der Waals surface area contributed by atoms with Gasteiger partial charge in [0, 0.05) is 19.6 Å². The monoisotopic (exact) mass is 222 g/mol. The third-order valence-electron chi connectivity index (χ3n) is 3.10. The minimum atomic E-state index is -0.200. The Morgan fingerprint density at radius 2 is 2.12 bits per heavy atom. The van der Waals surface area contributed by atoms with Crippen molar-refractivity contribution in [2.24, 2.45) is 11.7 Å². The second-order valence-corrected chi connectivity index (χ2v) is 4.76. The van der Waals surface area contributed by atoms with Crippen molar-refractivity contribution in [1.82, 2.24) is 4.90 Å². The third-order valence-corrected chi connectivity index (χ3v) is 3.10. The topological polar surface area (TPSA) is 29.3 Å². The zero-order valence-electron chi connectivity index (χ0n) is 9.75. The molecular formula is C13H19FN2. The molecule has 0 radical (unpaired) electrons. The molecule has 88 valence electrons. The lowest BCUT2D eigenvalue weighted by Crippen LogP contribution is -2.21. The molecule has 1 aliphatic carbocycles. The molecule has 1 fully saturated rings. The molecule has 2 rings (SSSR count). The third kappa shape index (κ3) is 3.03. The van der Waals surface area contributed by atoms with Gasteiger partial charge in [-0.1, -0.05) is 6.07 Å². The van der Waals surface area contributed by atoms with Crippen molar-refractivity contribution < 1.29 is 4.39 Å². The number of nitrogens with two attached hydrogens (primary N) is 1. The molecule has 0 saturated heterocycles. The number of hydrogen-bond acceptors (Lipinski definition) is 2. The van der Waals surface area contributed by atoms with E-state index in [-0.39, 0.29) is 5.82 Å². The molecule has 0 aromatic heterocycles. The highest BCUT2D eigenvalue weighted by Gasteiger charge is 2.22. The summed E-state index contributed by atoms with van der Waals surface area (Å²) in [4.78, 5) is 2.30. The average molecular weight is 222 g/mol. The molecule has 1 aromatic rings. The smallest absolute Gasteiger partial charge is 0.123 e. The number of benzene rings is 1. The fourth-order valence-corrected chi connectivity index (χ4v) is 2.04. The van der Waals surface area contributed by atoms with Crippen molar-refractivity contribution in [3.63, 3.8) is 0 Å². The van der Waals surface area contributed by atoms with Crippen molar-refractivity contribution in [3.05, 3.63) is 35.1 Å². The second-order valence-electron chi connectivity index (χ2n) is 4.76. The van der Waals surface area contributed by atoms with Crippen molar-refractivity contribution in [2.75, 3.05) is 13.6 Å². The first-order valence-electron chi connectivity index (χ1n) is 5.85. The van der Waals surface area contributed by atoms with Crippen LogP contribution in [0, 0.1) is 11.7 Å². The highest BCUT2D eigenvalue weighted by molar-refractivity contribution is 5.27. The quantitative estimate of drug-likeness (QED) is 0.827. The molecular weight excluding hydrogens is 203 g/mol. The van der Waals surface area contributed by atoms with Gasteiger partial charge in [0.25, 0.3) is 0 Å². The Morgan fingerprint density at radius 3 is 2.75 bits per heavy atom. The lowest BCUT2D eigenvalue weighted by Gasteiger charge is -2.18. The van der Waals surface area contributed by atoms with Gasteiger partial charge in [-0.3, -0.25) is 0 Å². The summed E-state index contributed by atoms with van der Waals surface area (Å²) in [6, 6.07) is 4.90. The number of rotatable bonds is 5. The van der Waals surface area contributed by atoms with E-state index >= 15 is 0 Å². The standard InChI is InChI=1S/C13H19FN2/c1-16(8-10-2-3-10)9-11-4-5-13(14)6-12(11)7-15/h4-6,10H,2-3,7-9,15H2,1H3. The highest BCUT2D eigenvalue weighted by Crippen LogP contribution is 2.29. The zero-order valence-corrected chi connectivity index (χ0v) is 9.75. The van der Waals surface area contributed by atoms with Gasteiger partial charge in [0.15, 0.2) is 0 Å². The molecule has 1 aromatic carbocycles. The fraction of sp³-hybridized carbons (Fsp3) is 0.538. The van der Waals surface area contributed by atoms with E-state index < -0.39 is 0 Å². The molecule has 0 amide bonds. The first-order chi connectivity index (χ1) is 7.69. The summed E-state index contributed by atoms with van der Waals surface area (Å²) in [6.07, 6.45) is 2.72. The SMILES string of the molecule is CN(Cc1ccc(F)cc1CN)CC1CC1. The summed E-state index contributed by atoms with van der Waals surface area (Å²) in [5.74, 6) is 0.681. The number of nitrogens with zero attached hydrogens (tertiary/aromatic N) is 1. The predicted molar refractivity (Wildman–Crippen MR) is 63.3 cm³/mol. The van der Waals surface area contributed by atoms with Crippen LogP contribution in [0.25, 0.3) is 0 Å². The minimum absolute atomic E-state index is 0.200. The molecule has 16 heavy (non-hydrogen) atoms. The van der Waals surface area contributed by atoms with Crippen LogP contribution in [0.1, 0.15) is 24.0 Å². The fourth-order valence-electron chi connectivity index (χ4n) is 2.04. The van der Waals surface area contributed by atoms with Gasteiger partial charge < -0.3 is 10.6 Å². The molecule has 1 aliphatic rings. The summed E-state index contributed by atoms with van der Waals surface area (Å²) in [5.41, 5.74) is 7.69. The molecule has 3 heteroatoms. The first-order valence-corrected chi connectivity index (χ1v) is 5.85. The van der Waals surface area contributed by atoms with Gasteiger partial charge in [-0.05, 0) is 49.1 Å². The normalized spacial score (nSPS) is 15.8. The summed E-state index contributed by atoms with van der Waals surface area (Å²) in [6.45, 7) is 2.41. The number of hydrogen-bond donors (Lipinski definition) is 1. The Bertz CT molecular complexity index is 361. The van der Waals surface area contributed by atoms with Crippen molar-refractivity contribution in [3.8, 4) is 0 Å². The predicted octanol–water partition coefficient (Wildman–Crippen LogP) is 2.13. The molecule has 0 unspecified atom stereocenters. The Balaban J connectivity index is 2.01. The average Bonchev–Trinajstić information content (AvgIpc) is 3.04. The van der Waals surface area contributed by atoms with Crippen molar-refractivity contribution >= 4 is 0 Å². The van der Waals surface area contributed by atoms with Crippen LogP contribution in [0.5, 0.6) is 0 Å². The number of halogens is 1. The van der Waals surface area contributed by atoms with Gasteiger partial charge in [-0.25, -0.2) is 4.39 Å². The Morgan fingerprint density at radius 1 is 1.38 bits per heavy atom. The van der Waals surface area contributed by atoms with Gasteiger partial charge in [0.05, 0.1) is 0 Å². The van der Waals surface area contributed by atoms with E-state index in [4.69, 9.17) is 5.73 Å². The summed E-state index contributed by atoms with van der Waals surface area (Å²) < 4.78 is 13.0. The maximum Gasteiger partial charge on any atom is 0.123 e. The van der Waals surface area contributed by atoms with Gasteiger partial charge in [-0.15, -0.1) is 0 Å². The Hall–Kier alpha value is -0.930. The molecule has 1 saturated carbocycles. The maximum absolute atomic E-state index is 13.0. The van der Waals surface area contributed by atoms with Gasteiger partial charge in [-0.2, -0.15) is 0 Å². The summed E-state index contributed by atoms with van der Waals surface area (Å²) >= 11 is 0. The van der Waals surface area contributed by atoms with Gasteiger partial charge in [0.1, 0.15) is 5.82 Å².